The van der Waals surface area contributed by atoms with Gasteiger partial charge < -0.3 is 0 Å². The van der Waals surface area contributed by atoms with E-state index in [0.29, 0.717) is 0 Å². The summed E-state index contributed by atoms with van der Waals surface area (Å²) in [6.07, 6.45) is 5.16. The van der Waals surface area contributed by atoms with Gasteiger partial charge in [0.25, 0.3) is 5.56 Å². The molecular weight excluding hydrogens is 176 g/mol. The second-order valence-electron chi connectivity index (χ2n) is 3.12. The summed E-state index contributed by atoms with van der Waals surface area (Å²) in [4.78, 5) is 15.4. The van der Waals surface area contributed by atoms with Gasteiger partial charge in [-0.3, -0.25) is 14.3 Å². The van der Waals surface area contributed by atoms with Gasteiger partial charge in [-0.15, -0.1) is 0 Å². The van der Waals surface area contributed by atoms with Crippen LogP contribution in [0.5, 0.6) is 0 Å². The van der Waals surface area contributed by atoms with Crippen molar-refractivity contribution in [3.8, 4) is 5.69 Å². The Labute approximate surface area is 81.7 Å². The Morgan fingerprint density at radius 3 is 2.57 bits per heavy atom. The van der Waals surface area contributed by atoms with Crippen LogP contribution in [0.25, 0.3) is 5.69 Å². The highest BCUT2D eigenvalue weighted by molar-refractivity contribution is 5.30. The second-order valence-corrected chi connectivity index (χ2v) is 3.12. The van der Waals surface area contributed by atoms with Crippen molar-refractivity contribution in [3.05, 3.63) is 58.8 Å². The smallest absolute Gasteiger partial charge is 0.255 e. The summed E-state index contributed by atoms with van der Waals surface area (Å²) >= 11 is 0. The Morgan fingerprint density at radius 1 is 1.14 bits per heavy atom. The van der Waals surface area contributed by atoms with E-state index in [4.69, 9.17) is 0 Å². The lowest BCUT2D eigenvalue weighted by Gasteiger charge is -2.04. The lowest BCUT2D eigenvalue weighted by Crippen LogP contribution is -2.16. The summed E-state index contributed by atoms with van der Waals surface area (Å²) in [6.45, 7) is 1.96. The molecule has 3 heteroatoms. The van der Waals surface area contributed by atoms with Gasteiger partial charge >= 0.3 is 0 Å². The fourth-order valence-corrected chi connectivity index (χ4v) is 1.30. The van der Waals surface area contributed by atoms with Gasteiger partial charge in [0.2, 0.25) is 0 Å². The summed E-state index contributed by atoms with van der Waals surface area (Å²) in [5, 5.41) is 0. The van der Waals surface area contributed by atoms with Crippen LogP contribution in [-0.2, 0) is 0 Å². The fourth-order valence-electron chi connectivity index (χ4n) is 1.30. The molecule has 2 heterocycles. The first kappa shape index (κ1) is 8.69. The minimum atomic E-state index is -0.0261. The standard InChI is InChI=1S/C11H10N2O/c1-9-2-3-11(14)13(8-9)10-4-6-12-7-5-10/h2-8H,1H3. The molecule has 0 radical (unpaired) electrons. The number of nitrogens with zero attached hydrogens (tertiary/aromatic N) is 2. The third kappa shape index (κ3) is 1.57. The average Bonchev–Trinajstić information content (AvgIpc) is 2.23. The normalized spacial score (nSPS) is 10.1. The molecule has 14 heavy (non-hydrogen) atoms. The molecular formula is C11H10N2O. The predicted molar refractivity (Wildman–Crippen MR) is 54.6 cm³/mol. The lowest BCUT2D eigenvalue weighted by molar-refractivity contribution is 0.971. The highest BCUT2D eigenvalue weighted by Gasteiger charge is 1.97. The van der Waals surface area contributed by atoms with Crippen molar-refractivity contribution >= 4 is 0 Å². The Morgan fingerprint density at radius 2 is 1.86 bits per heavy atom. The van der Waals surface area contributed by atoms with E-state index in [1.165, 1.54) is 0 Å². The zero-order valence-electron chi connectivity index (χ0n) is 7.84. The van der Waals surface area contributed by atoms with Crippen molar-refractivity contribution in [3.63, 3.8) is 0 Å². The first-order chi connectivity index (χ1) is 6.77. The minimum absolute atomic E-state index is 0.0261. The Kier molecular flexibility index (Phi) is 2.14. The van der Waals surface area contributed by atoms with Crippen LogP contribution in [0.3, 0.4) is 0 Å². The molecule has 0 unspecified atom stereocenters. The molecule has 0 aliphatic carbocycles. The van der Waals surface area contributed by atoms with Crippen LogP contribution in [-0.4, -0.2) is 9.55 Å². The molecule has 70 valence electrons. The van der Waals surface area contributed by atoms with Crippen LogP contribution >= 0.6 is 0 Å². The van der Waals surface area contributed by atoms with Gasteiger partial charge in [0, 0.05) is 24.7 Å². The maximum atomic E-state index is 11.5. The number of hydrogen-bond acceptors (Lipinski definition) is 2. The van der Waals surface area contributed by atoms with Crippen LogP contribution in [0, 0.1) is 6.92 Å². The van der Waals surface area contributed by atoms with E-state index in [1.54, 1.807) is 41.2 Å². The maximum Gasteiger partial charge on any atom is 0.255 e. The molecule has 0 atom stereocenters. The SMILES string of the molecule is Cc1ccc(=O)n(-c2ccncc2)c1. The van der Waals surface area contributed by atoms with Crippen molar-refractivity contribution in [1.82, 2.24) is 9.55 Å². The van der Waals surface area contributed by atoms with Gasteiger partial charge in [-0.25, -0.2) is 0 Å². The van der Waals surface area contributed by atoms with Crippen LogP contribution < -0.4 is 5.56 Å². The molecule has 0 aliphatic rings. The van der Waals surface area contributed by atoms with Gasteiger partial charge in [0.15, 0.2) is 0 Å². The van der Waals surface area contributed by atoms with Crippen molar-refractivity contribution in [2.45, 2.75) is 6.92 Å². The largest absolute Gasteiger partial charge is 0.284 e. The third-order valence-electron chi connectivity index (χ3n) is 2.00. The molecule has 2 aromatic heterocycles. The maximum absolute atomic E-state index is 11.5. The number of aromatic nitrogens is 2. The Balaban J connectivity index is 2.63. The van der Waals surface area contributed by atoms with E-state index >= 15 is 0 Å². The molecule has 0 saturated heterocycles. The summed E-state index contributed by atoms with van der Waals surface area (Å²) < 4.78 is 1.61. The molecule has 0 bridgehead atoms. The Hall–Kier alpha value is -1.90. The number of pyridine rings is 2. The summed E-state index contributed by atoms with van der Waals surface area (Å²) in [6, 6.07) is 6.98. The van der Waals surface area contributed by atoms with Crippen molar-refractivity contribution in [2.75, 3.05) is 0 Å². The van der Waals surface area contributed by atoms with Crippen molar-refractivity contribution in [1.29, 1.82) is 0 Å². The fraction of sp³-hybridized carbons (Fsp3) is 0.0909. The van der Waals surface area contributed by atoms with Crippen LogP contribution in [0.2, 0.25) is 0 Å². The average molecular weight is 186 g/mol. The van der Waals surface area contributed by atoms with Crippen molar-refractivity contribution < 1.29 is 0 Å². The highest BCUT2D eigenvalue weighted by Crippen LogP contribution is 2.03. The lowest BCUT2D eigenvalue weighted by atomic mass is 10.3. The Bertz CT molecular complexity index is 488. The quantitative estimate of drug-likeness (QED) is 0.677. The second kappa shape index (κ2) is 3.46. The molecule has 0 N–H and O–H groups in total. The third-order valence-corrected chi connectivity index (χ3v) is 2.00. The molecule has 0 aromatic carbocycles. The first-order valence-corrected chi connectivity index (χ1v) is 4.37. The van der Waals surface area contributed by atoms with E-state index in [0.717, 1.165) is 11.3 Å². The first-order valence-electron chi connectivity index (χ1n) is 4.37. The van der Waals surface area contributed by atoms with E-state index in [9.17, 15) is 4.79 Å². The van der Waals surface area contributed by atoms with Crippen LogP contribution in [0.4, 0.5) is 0 Å². The number of rotatable bonds is 1. The minimum Gasteiger partial charge on any atom is -0.284 e. The highest BCUT2D eigenvalue weighted by atomic mass is 16.1. The van der Waals surface area contributed by atoms with E-state index in [1.807, 2.05) is 13.1 Å². The number of aryl methyl sites for hydroxylation is 1. The van der Waals surface area contributed by atoms with E-state index < -0.39 is 0 Å². The van der Waals surface area contributed by atoms with Gasteiger partial charge in [-0.2, -0.15) is 0 Å². The van der Waals surface area contributed by atoms with Gasteiger partial charge in [-0.05, 0) is 24.6 Å². The molecule has 0 saturated carbocycles. The van der Waals surface area contributed by atoms with Gasteiger partial charge in [0.05, 0.1) is 5.69 Å². The topological polar surface area (TPSA) is 34.9 Å². The summed E-state index contributed by atoms with van der Waals surface area (Å²) in [5.41, 5.74) is 1.87. The molecule has 0 fully saturated rings. The van der Waals surface area contributed by atoms with Crippen LogP contribution in [0.15, 0.2) is 47.7 Å². The summed E-state index contributed by atoms with van der Waals surface area (Å²) in [5.74, 6) is 0. The number of hydrogen-bond donors (Lipinski definition) is 0. The molecule has 0 aliphatic heterocycles. The molecule has 3 nitrogen and oxygen atoms in total. The van der Waals surface area contributed by atoms with E-state index in [2.05, 4.69) is 4.98 Å². The molecule has 2 aromatic rings. The van der Waals surface area contributed by atoms with Gasteiger partial charge in [0.1, 0.15) is 0 Å². The monoisotopic (exact) mass is 186 g/mol. The zero-order chi connectivity index (χ0) is 9.97. The molecule has 0 amide bonds. The van der Waals surface area contributed by atoms with Crippen molar-refractivity contribution in [2.24, 2.45) is 0 Å². The van der Waals surface area contributed by atoms with Gasteiger partial charge in [-0.1, -0.05) is 6.07 Å². The van der Waals surface area contributed by atoms with Crippen LogP contribution in [0.1, 0.15) is 5.56 Å². The zero-order valence-corrected chi connectivity index (χ0v) is 7.84. The summed E-state index contributed by atoms with van der Waals surface area (Å²) in [7, 11) is 0. The van der Waals surface area contributed by atoms with E-state index in [-0.39, 0.29) is 5.56 Å². The molecule has 0 spiro atoms. The predicted octanol–water partition coefficient (Wildman–Crippen LogP) is 1.54. The molecule has 2 rings (SSSR count).